The summed E-state index contributed by atoms with van der Waals surface area (Å²) in [5, 5.41) is 9.60. The summed E-state index contributed by atoms with van der Waals surface area (Å²) in [6.45, 7) is 1.39. The van der Waals surface area contributed by atoms with Gasteiger partial charge in [0, 0.05) is 12.8 Å². The van der Waals surface area contributed by atoms with Crippen LogP contribution in [0.1, 0.15) is 29.6 Å². The van der Waals surface area contributed by atoms with Gasteiger partial charge in [-0.2, -0.15) is 0 Å². The second kappa shape index (κ2) is 6.70. The third-order valence-corrected chi connectivity index (χ3v) is 4.78. The van der Waals surface area contributed by atoms with E-state index in [4.69, 9.17) is 0 Å². The maximum atomic E-state index is 12.7. The van der Waals surface area contributed by atoms with E-state index in [1.807, 2.05) is 0 Å². The number of rotatable bonds is 3. The molecule has 0 aliphatic carbocycles. The van der Waals surface area contributed by atoms with Gasteiger partial charge in [-0.15, -0.1) is 0 Å². The van der Waals surface area contributed by atoms with Gasteiger partial charge in [0.25, 0.3) is 5.91 Å². The van der Waals surface area contributed by atoms with Crippen LogP contribution in [0.15, 0.2) is 24.3 Å². The molecule has 3 rings (SSSR count). The van der Waals surface area contributed by atoms with Gasteiger partial charge in [0.05, 0.1) is 44.0 Å². The lowest BCUT2D eigenvalue weighted by Gasteiger charge is -2.29. The summed E-state index contributed by atoms with van der Waals surface area (Å²) in [7, 11) is 1.30. The number of likely N-dealkylation sites (tertiary alicyclic amines) is 1. The first-order valence-corrected chi connectivity index (χ1v) is 8.09. The van der Waals surface area contributed by atoms with Crippen molar-refractivity contribution in [2.24, 2.45) is 0 Å². The van der Waals surface area contributed by atoms with Crippen molar-refractivity contribution in [3.8, 4) is 0 Å². The van der Waals surface area contributed by atoms with Gasteiger partial charge in [0.2, 0.25) is 5.91 Å². The molecular weight excluding hydrogens is 312 g/mol. The fourth-order valence-electron chi connectivity index (χ4n) is 3.41. The van der Waals surface area contributed by atoms with Gasteiger partial charge >= 0.3 is 5.97 Å². The van der Waals surface area contributed by atoms with E-state index in [9.17, 15) is 19.5 Å². The molecule has 0 spiro atoms. The summed E-state index contributed by atoms with van der Waals surface area (Å²) >= 11 is 0. The number of hydrogen-bond donors (Lipinski definition) is 2. The maximum absolute atomic E-state index is 12.7. The van der Waals surface area contributed by atoms with Crippen LogP contribution in [-0.4, -0.2) is 55.2 Å². The van der Waals surface area contributed by atoms with E-state index in [2.05, 4.69) is 4.74 Å². The van der Waals surface area contributed by atoms with Crippen LogP contribution in [0, 0.1) is 0 Å². The Hall–Kier alpha value is -2.25. The molecule has 1 aromatic rings. The van der Waals surface area contributed by atoms with Crippen molar-refractivity contribution in [2.45, 2.75) is 31.4 Å². The highest BCUT2D eigenvalue weighted by Gasteiger charge is 2.46. The van der Waals surface area contributed by atoms with Crippen LogP contribution < -0.4 is 9.80 Å². The lowest BCUT2D eigenvalue weighted by Crippen LogP contribution is -3.17. The van der Waals surface area contributed by atoms with Crippen molar-refractivity contribution >= 4 is 23.5 Å². The lowest BCUT2D eigenvalue weighted by atomic mass is 10.1. The number of nitrogens with zero attached hydrogens (tertiary/aromatic N) is 1. The molecule has 2 N–H and O–H groups in total. The largest absolute Gasteiger partial charge is 0.465 e. The van der Waals surface area contributed by atoms with Gasteiger partial charge in [0.1, 0.15) is 0 Å². The minimum absolute atomic E-state index is 0.184. The Morgan fingerprint density at radius 3 is 2.42 bits per heavy atom. The highest BCUT2D eigenvalue weighted by atomic mass is 16.5. The van der Waals surface area contributed by atoms with Crippen molar-refractivity contribution < 1.29 is 29.1 Å². The molecule has 0 saturated carbocycles. The molecule has 128 valence electrons. The fourth-order valence-corrected chi connectivity index (χ4v) is 3.41. The number of ether oxygens (including phenoxy) is 1. The van der Waals surface area contributed by atoms with Crippen molar-refractivity contribution in [1.29, 1.82) is 0 Å². The number of aliphatic hydroxyl groups is 1. The number of aliphatic hydroxyl groups excluding tert-OH is 1. The van der Waals surface area contributed by atoms with Crippen LogP contribution in [0.5, 0.6) is 0 Å². The van der Waals surface area contributed by atoms with Gasteiger partial charge in [0.15, 0.2) is 6.04 Å². The average Bonchev–Trinajstić information content (AvgIpc) is 2.89. The van der Waals surface area contributed by atoms with Gasteiger partial charge < -0.3 is 14.7 Å². The number of carbonyl (C=O) groups excluding carboxylic acids is 3. The fraction of sp³-hybridized carbons (Fsp3) is 0.471. The number of benzene rings is 1. The Labute approximate surface area is 139 Å². The molecule has 1 aromatic carbocycles. The van der Waals surface area contributed by atoms with E-state index < -0.39 is 5.97 Å². The molecule has 24 heavy (non-hydrogen) atoms. The first kappa shape index (κ1) is 16.6. The van der Waals surface area contributed by atoms with Crippen molar-refractivity contribution in [1.82, 2.24) is 0 Å². The van der Waals surface area contributed by atoms with Gasteiger partial charge in [-0.05, 0) is 24.3 Å². The van der Waals surface area contributed by atoms with Crippen LogP contribution >= 0.6 is 0 Å². The topological polar surface area (TPSA) is 88.3 Å². The maximum Gasteiger partial charge on any atom is 0.337 e. The molecule has 0 aromatic heterocycles. The van der Waals surface area contributed by atoms with Crippen molar-refractivity contribution in [2.75, 3.05) is 25.1 Å². The Kier molecular flexibility index (Phi) is 4.64. The van der Waals surface area contributed by atoms with Gasteiger partial charge in [-0.1, -0.05) is 0 Å². The summed E-state index contributed by atoms with van der Waals surface area (Å²) in [6, 6.07) is 5.86. The second-order valence-electron chi connectivity index (χ2n) is 6.25. The number of anilines is 1. The number of quaternary nitrogens is 1. The van der Waals surface area contributed by atoms with E-state index in [1.54, 1.807) is 24.3 Å². The predicted molar refractivity (Wildman–Crippen MR) is 84.6 cm³/mol. The zero-order valence-corrected chi connectivity index (χ0v) is 13.5. The highest BCUT2D eigenvalue weighted by Crippen LogP contribution is 2.23. The zero-order chi connectivity index (χ0) is 17.3. The first-order chi connectivity index (χ1) is 11.5. The summed E-state index contributed by atoms with van der Waals surface area (Å²) < 4.78 is 4.64. The Bertz CT molecular complexity index is 649. The Morgan fingerprint density at radius 2 is 1.83 bits per heavy atom. The molecule has 2 fully saturated rings. The molecule has 0 bridgehead atoms. The van der Waals surface area contributed by atoms with Crippen molar-refractivity contribution in [3.05, 3.63) is 29.8 Å². The van der Waals surface area contributed by atoms with E-state index in [1.165, 1.54) is 12.0 Å². The van der Waals surface area contributed by atoms with Gasteiger partial charge in [-0.3, -0.25) is 9.59 Å². The highest BCUT2D eigenvalue weighted by molar-refractivity contribution is 6.21. The summed E-state index contributed by atoms with van der Waals surface area (Å²) in [5.74, 6) is -0.901. The standard InChI is InChI=1S/C17H20N2O5/c1-24-17(23)11-2-4-12(5-3-11)19-15(21)10-14(16(19)22)18-8-6-13(20)7-9-18/h2-5,13-14,20H,6-10H2,1H3/p+1/t14-/m0/s1. The van der Waals surface area contributed by atoms with Crippen molar-refractivity contribution in [3.63, 3.8) is 0 Å². The molecule has 7 heteroatoms. The average molecular weight is 333 g/mol. The molecule has 0 radical (unpaired) electrons. The summed E-state index contributed by atoms with van der Waals surface area (Å²) in [4.78, 5) is 38.8. The molecule has 2 aliphatic rings. The minimum Gasteiger partial charge on any atom is -0.465 e. The summed E-state index contributed by atoms with van der Waals surface area (Å²) in [5.41, 5.74) is 0.837. The van der Waals surface area contributed by atoms with Crippen LogP contribution in [0.25, 0.3) is 0 Å². The van der Waals surface area contributed by atoms with E-state index in [0.29, 0.717) is 37.2 Å². The van der Waals surface area contributed by atoms with E-state index >= 15 is 0 Å². The quantitative estimate of drug-likeness (QED) is 0.555. The number of amides is 2. The smallest absolute Gasteiger partial charge is 0.337 e. The minimum atomic E-state index is -0.463. The summed E-state index contributed by atoms with van der Waals surface area (Å²) in [6.07, 6.45) is 1.19. The molecule has 2 heterocycles. The predicted octanol–water partition coefficient (Wildman–Crippen LogP) is -0.855. The molecule has 2 saturated heterocycles. The zero-order valence-electron chi connectivity index (χ0n) is 13.5. The number of esters is 1. The second-order valence-corrected chi connectivity index (χ2v) is 6.25. The number of nitrogens with one attached hydrogen (secondary N) is 1. The Morgan fingerprint density at radius 1 is 1.21 bits per heavy atom. The number of imide groups is 1. The molecule has 1 atom stereocenters. The third kappa shape index (κ3) is 3.05. The van der Waals surface area contributed by atoms with E-state index in [0.717, 1.165) is 4.90 Å². The number of piperidine rings is 1. The third-order valence-electron chi connectivity index (χ3n) is 4.78. The Balaban J connectivity index is 1.75. The number of methoxy groups -OCH3 is 1. The molecule has 2 aliphatic heterocycles. The monoisotopic (exact) mass is 333 g/mol. The SMILES string of the molecule is COC(=O)c1ccc(N2C(=O)C[C@H]([NH+]3CCC(O)CC3)C2=O)cc1. The molecule has 0 unspecified atom stereocenters. The van der Waals surface area contributed by atoms with Crippen LogP contribution in [0.4, 0.5) is 5.69 Å². The normalized spacial score (nSPS) is 27.4. The van der Waals surface area contributed by atoms with Gasteiger partial charge in [-0.25, -0.2) is 9.69 Å². The first-order valence-electron chi connectivity index (χ1n) is 8.09. The molecular formula is C17H21N2O5+. The molecule has 7 nitrogen and oxygen atoms in total. The number of hydrogen-bond acceptors (Lipinski definition) is 5. The number of carbonyl (C=O) groups is 3. The van der Waals surface area contributed by atoms with Crippen LogP contribution in [0.2, 0.25) is 0 Å². The lowest BCUT2D eigenvalue weighted by molar-refractivity contribution is -0.920. The van der Waals surface area contributed by atoms with E-state index in [-0.39, 0.29) is 30.4 Å². The molecule has 2 amide bonds. The van der Waals surface area contributed by atoms with Crippen LogP contribution in [-0.2, 0) is 14.3 Å². The van der Waals surface area contributed by atoms with Crippen LogP contribution in [0.3, 0.4) is 0 Å².